The van der Waals surface area contributed by atoms with Crippen LogP contribution in [0.15, 0.2) is 18.2 Å². The van der Waals surface area contributed by atoms with E-state index in [2.05, 4.69) is 5.32 Å². The van der Waals surface area contributed by atoms with Gasteiger partial charge in [0.25, 0.3) is 0 Å². The van der Waals surface area contributed by atoms with Gasteiger partial charge in [-0.15, -0.1) is 12.4 Å². The van der Waals surface area contributed by atoms with Crippen LogP contribution in [-0.2, 0) is 4.74 Å². The molecule has 116 valence electrons. The Balaban J connectivity index is 0.00000361. The summed E-state index contributed by atoms with van der Waals surface area (Å²) in [5, 5.41) is 12.0. The molecule has 20 heavy (non-hydrogen) atoms. The van der Waals surface area contributed by atoms with Crippen molar-refractivity contribution in [3.05, 3.63) is 29.3 Å². The zero-order chi connectivity index (χ0) is 14.1. The van der Waals surface area contributed by atoms with Crippen LogP contribution in [0.2, 0.25) is 0 Å². The van der Waals surface area contributed by atoms with E-state index >= 15 is 0 Å². The number of nitrogens with one attached hydrogen (secondary N) is 1. The summed E-state index contributed by atoms with van der Waals surface area (Å²) in [6, 6.07) is 6.24. The van der Waals surface area contributed by atoms with Crippen LogP contribution in [0.5, 0.6) is 5.75 Å². The summed E-state index contributed by atoms with van der Waals surface area (Å²) < 4.78 is 11.2. The molecule has 0 aliphatic rings. The van der Waals surface area contributed by atoms with E-state index in [1.807, 2.05) is 39.0 Å². The molecule has 1 aromatic carbocycles. The first-order chi connectivity index (χ1) is 9.15. The fraction of sp³-hybridized carbons (Fsp3) is 0.600. The van der Waals surface area contributed by atoms with Gasteiger partial charge in [-0.25, -0.2) is 0 Å². The van der Waals surface area contributed by atoms with Crippen molar-refractivity contribution in [2.24, 2.45) is 0 Å². The molecule has 0 radical (unpaired) electrons. The number of aliphatic hydroxyl groups is 1. The molecule has 0 aromatic heterocycles. The number of aryl methyl sites for hydroxylation is 2. The van der Waals surface area contributed by atoms with Gasteiger partial charge in [0.1, 0.15) is 12.4 Å². The normalized spacial score (nSPS) is 11.8. The number of hydrogen-bond donors (Lipinski definition) is 2. The van der Waals surface area contributed by atoms with E-state index in [0.29, 0.717) is 19.8 Å². The third kappa shape index (κ3) is 7.10. The van der Waals surface area contributed by atoms with Gasteiger partial charge in [0.05, 0.1) is 19.8 Å². The Morgan fingerprint density at radius 3 is 2.40 bits per heavy atom. The zero-order valence-electron chi connectivity index (χ0n) is 12.5. The maximum atomic E-state index is 8.83. The molecule has 5 heteroatoms. The molecule has 1 aromatic rings. The average molecular weight is 304 g/mol. The minimum Gasteiger partial charge on any atom is -0.491 e. The molecule has 0 aliphatic heterocycles. The van der Waals surface area contributed by atoms with Gasteiger partial charge in [0, 0.05) is 12.6 Å². The Morgan fingerprint density at radius 2 is 1.80 bits per heavy atom. The van der Waals surface area contributed by atoms with E-state index in [1.165, 1.54) is 0 Å². The second kappa shape index (κ2) is 10.9. The number of para-hydroxylation sites is 1. The van der Waals surface area contributed by atoms with Crippen molar-refractivity contribution < 1.29 is 14.6 Å². The minimum atomic E-state index is 0. The Morgan fingerprint density at radius 1 is 1.15 bits per heavy atom. The predicted molar refractivity (Wildman–Crippen MR) is 84.0 cm³/mol. The van der Waals surface area contributed by atoms with E-state index in [-0.39, 0.29) is 25.1 Å². The van der Waals surface area contributed by atoms with Gasteiger partial charge in [-0.05, 0) is 31.9 Å². The van der Waals surface area contributed by atoms with Crippen LogP contribution in [-0.4, -0.2) is 44.1 Å². The highest BCUT2D eigenvalue weighted by Crippen LogP contribution is 2.21. The molecule has 0 saturated carbocycles. The summed E-state index contributed by atoms with van der Waals surface area (Å²) in [5.41, 5.74) is 2.30. The zero-order valence-corrected chi connectivity index (χ0v) is 13.3. The molecule has 1 rings (SSSR count). The number of hydrogen-bond acceptors (Lipinski definition) is 4. The fourth-order valence-electron chi connectivity index (χ4n) is 1.77. The third-order valence-electron chi connectivity index (χ3n) is 2.90. The van der Waals surface area contributed by atoms with E-state index in [0.717, 1.165) is 23.4 Å². The van der Waals surface area contributed by atoms with Crippen LogP contribution < -0.4 is 10.1 Å². The first kappa shape index (κ1) is 19.2. The molecule has 1 unspecified atom stereocenters. The Hall–Kier alpha value is -0.810. The molecular weight excluding hydrogens is 278 g/mol. The molecular formula is C15H26ClNO3. The molecule has 4 nitrogen and oxygen atoms in total. The molecule has 1 atom stereocenters. The summed E-state index contributed by atoms with van der Waals surface area (Å²) in [7, 11) is 0. The second-order valence-electron chi connectivity index (χ2n) is 4.72. The Bertz CT molecular complexity index is 354. The van der Waals surface area contributed by atoms with Gasteiger partial charge >= 0.3 is 0 Å². The highest BCUT2D eigenvalue weighted by molar-refractivity contribution is 5.85. The Labute approximate surface area is 127 Å². The monoisotopic (exact) mass is 303 g/mol. The predicted octanol–water partition coefficient (Wildman–Crippen LogP) is 2.09. The van der Waals surface area contributed by atoms with Gasteiger partial charge in [0.15, 0.2) is 0 Å². The lowest BCUT2D eigenvalue weighted by atomic mass is 10.1. The van der Waals surface area contributed by atoms with E-state index in [9.17, 15) is 0 Å². The van der Waals surface area contributed by atoms with Gasteiger partial charge in [-0.1, -0.05) is 18.2 Å². The van der Waals surface area contributed by atoms with Crippen molar-refractivity contribution in [1.82, 2.24) is 5.32 Å². The number of aliphatic hydroxyl groups excluding tert-OH is 1. The SMILES string of the molecule is Cc1cccc(C)c1OCCOCCNC(C)CO.Cl. The van der Waals surface area contributed by atoms with E-state index in [4.69, 9.17) is 14.6 Å². The van der Waals surface area contributed by atoms with Crippen molar-refractivity contribution in [2.75, 3.05) is 33.0 Å². The van der Waals surface area contributed by atoms with Gasteiger partial charge in [-0.3, -0.25) is 0 Å². The number of ether oxygens (including phenoxy) is 2. The average Bonchev–Trinajstić information content (AvgIpc) is 2.40. The van der Waals surface area contributed by atoms with Crippen LogP contribution in [0.4, 0.5) is 0 Å². The number of benzene rings is 1. The lowest BCUT2D eigenvalue weighted by Crippen LogP contribution is -2.32. The van der Waals surface area contributed by atoms with Crippen LogP contribution in [0, 0.1) is 13.8 Å². The third-order valence-corrected chi connectivity index (χ3v) is 2.90. The van der Waals surface area contributed by atoms with Crippen molar-refractivity contribution in [1.29, 1.82) is 0 Å². The van der Waals surface area contributed by atoms with Crippen LogP contribution >= 0.6 is 12.4 Å². The maximum absolute atomic E-state index is 8.83. The molecule has 0 aliphatic carbocycles. The molecule has 0 fully saturated rings. The van der Waals surface area contributed by atoms with Crippen molar-refractivity contribution >= 4 is 12.4 Å². The number of halogens is 1. The maximum Gasteiger partial charge on any atom is 0.125 e. The topological polar surface area (TPSA) is 50.7 Å². The van der Waals surface area contributed by atoms with Crippen LogP contribution in [0.3, 0.4) is 0 Å². The lowest BCUT2D eigenvalue weighted by molar-refractivity contribution is 0.0984. The van der Waals surface area contributed by atoms with Crippen LogP contribution in [0.1, 0.15) is 18.1 Å². The molecule has 0 bridgehead atoms. The highest BCUT2D eigenvalue weighted by Gasteiger charge is 2.02. The summed E-state index contributed by atoms with van der Waals surface area (Å²) in [5.74, 6) is 0.957. The standard InChI is InChI=1S/C15H25NO3.ClH/c1-12-5-4-6-13(2)15(12)19-10-9-18-8-7-16-14(3)11-17;/h4-6,14,16-17H,7-11H2,1-3H3;1H. The smallest absolute Gasteiger partial charge is 0.125 e. The quantitative estimate of drug-likeness (QED) is 0.686. The molecule has 0 amide bonds. The van der Waals surface area contributed by atoms with Gasteiger partial charge in [0.2, 0.25) is 0 Å². The molecule has 0 saturated heterocycles. The number of rotatable bonds is 9. The summed E-state index contributed by atoms with van der Waals surface area (Å²) in [6.07, 6.45) is 0. The molecule has 2 N–H and O–H groups in total. The highest BCUT2D eigenvalue weighted by atomic mass is 35.5. The van der Waals surface area contributed by atoms with Crippen molar-refractivity contribution in [3.63, 3.8) is 0 Å². The van der Waals surface area contributed by atoms with Crippen molar-refractivity contribution in [2.45, 2.75) is 26.8 Å². The second-order valence-corrected chi connectivity index (χ2v) is 4.72. The Kier molecular flexibility index (Phi) is 10.5. The summed E-state index contributed by atoms with van der Waals surface area (Å²) >= 11 is 0. The molecule has 0 heterocycles. The lowest BCUT2D eigenvalue weighted by Gasteiger charge is -2.13. The van der Waals surface area contributed by atoms with Gasteiger partial charge in [-0.2, -0.15) is 0 Å². The first-order valence-corrected chi connectivity index (χ1v) is 6.76. The summed E-state index contributed by atoms with van der Waals surface area (Å²) in [6.45, 7) is 8.67. The fourth-order valence-corrected chi connectivity index (χ4v) is 1.77. The molecule has 0 spiro atoms. The van der Waals surface area contributed by atoms with E-state index < -0.39 is 0 Å². The minimum absolute atomic E-state index is 0. The summed E-state index contributed by atoms with van der Waals surface area (Å²) in [4.78, 5) is 0. The first-order valence-electron chi connectivity index (χ1n) is 6.76. The van der Waals surface area contributed by atoms with Crippen molar-refractivity contribution in [3.8, 4) is 5.75 Å². The van der Waals surface area contributed by atoms with E-state index in [1.54, 1.807) is 0 Å². The van der Waals surface area contributed by atoms with Gasteiger partial charge < -0.3 is 19.9 Å². The largest absolute Gasteiger partial charge is 0.491 e. The van der Waals surface area contributed by atoms with Crippen LogP contribution in [0.25, 0.3) is 0 Å².